The molecule has 1 unspecified atom stereocenters. The lowest BCUT2D eigenvalue weighted by atomic mass is 9.83. The van der Waals surface area contributed by atoms with Crippen molar-refractivity contribution < 1.29 is 9.53 Å². The van der Waals surface area contributed by atoms with Crippen molar-refractivity contribution in [2.75, 3.05) is 13.2 Å². The summed E-state index contributed by atoms with van der Waals surface area (Å²) in [6.07, 6.45) is 8.38. The Morgan fingerprint density at radius 2 is 2.07 bits per heavy atom. The largest absolute Gasteiger partial charge is 0.465 e. The number of nitrogens with one attached hydrogen (secondary N) is 1. The lowest BCUT2D eigenvalue weighted by Gasteiger charge is -2.26. The molecule has 1 atom stereocenters. The minimum atomic E-state index is -0.0333. The molecule has 0 aromatic carbocycles. The number of carbonyl (C=O) groups excluding carboxylic acids is 1. The van der Waals surface area contributed by atoms with Gasteiger partial charge in [0.25, 0.3) is 0 Å². The van der Waals surface area contributed by atoms with Crippen molar-refractivity contribution in [2.24, 2.45) is 5.92 Å². The summed E-state index contributed by atoms with van der Waals surface area (Å²) in [6, 6.07) is -0.0276. The number of hydrogen-bond donors (Lipinski definition) is 1. The molecular formula is C12H21NO2. The van der Waals surface area contributed by atoms with Crippen molar-refractivity contribution in [2.45, 2.75) is 51.0 Å². The molecule has 3 nitrogen and oxygen atoms in total. The minimum Gasteiger partial charge on any atom is -0.465 e. The summed E-state index contributed by atoms with van der Waals surface area (Å²) in [5.41, 5.74) is 0. The zero-order chi connectivity index (χ0) is 10.5. The summed E-state index contributed by atoms with van der Waals surface area (Å²) in [6.45, 7) is 1.59. The average molecular weight is 211 g/mol. The fourth-order valence-electron chi connectivity index (χ4n) is 2.26. The van der Waals surface area contributed by atoms with Gasteiger partial charge in [0, 0.05) is 0 Å². The molecule has 0 aromatic heterocycles. The van der Waals surface area contributed by atoms with Gasteiger partial charge in [0.15, 0.2) is 0 Å². The number of esters is 1. The molecule has 1 aliphatic carbocycles. The zero-order valence-corrected chi connectivity index (χ0v) is 9.34. The first-order valence-electron chi connectivity index (χ1n) is 6.26. The zero-order valence-electron chi connectivity index (χ0n) is 9.34. The Labute approximate surface area is 91.6 Å². The topological polar surface area (TPSA) is 38.3 Å². The van der Waals surface area contributed by atoms with Gasteiger partial charge in [-0.3, -0.25) is 4.79 Å². The molecule has 2 aliphatic rings. The molecule has 15 heavy (non-hydrogen) atoms. The summed E-state index contributed by atoms with van der Waals surface area (Å²) in [5, 5.41) is 3.21. The summed E-state index contributed by atoms with van der Waals surface area (Å²) >= 11 is 0. The third kappa shape index (κ3) is 3.20. The predicted octanol–water partition coefficient (Wildman–Crippen LogP) is 1.86. The summed E-state index contributed by atoms with van der Waals surface area (Å²) < 4.78 is 5.29. The molecular weight excluding hydrogens is 190 g/mol. The quantitative estimate of drug-likeness (QED) is 0.721. The Bertz CT molecular complexity index is 208. The van der Waals surface area contributed by atoms with E-state index in [4.69, 9.17) is 4.74 Å². The van der Waals surface area contributed by atoms with Crippen molar-refractivity contribution in [3.63, 3.8) is 0 Å². The van der Waals surface area contributed by atoms with Crippen LogP contribution in [0.2, 0.25) is 0 Å². The van der Waals surface area contributed by atoms with Gasteiger partial charge in [-0.05, 0) is 31.7 Å². The highest BCUT2D eigenvalue weighted by Gasteiger charge is 2.23. The Kier molecular flexibility index (Phi) is 4.01. The van der Waals surface area contributed by atoms with Crippen molar-refractivity contribution in [3.8, 4) is 0 Å². The molecule has 0 amide bonds. The molecule has 2 rings (SSSR count). The van der Waals surface area contributed by atoms with E-state index in [1.807, 2.05) is 0 Å². The third-order valence-corrected chi connectivity index (χ3v) is 3.59. The molecule has 0 radical (unpaired) electrons. The SMILES string of the molecule is O=C(OCCC1CCC1)C1CCCCN1. The standard InChI is InChI=1S/C12H21NO2/c14-12(11-6-1-2-8-13-11)15-9-7-10-4-3-5-10/h10-11,13H,1-9H2. The van der Waals surface area contributed by atoms with E-state index in [1.165, 1.54) is 25.7 Å². The van der Waals surface area contributed by atoms with Crippen molar-refractivity contribution >= 4 is 5.97 Å². The number of hydrogen-bond acceptors (Lipinski definition) is 3. The van der Waals surface area contributed by atoms with Gasteiger partial charge >= 0.3 is 5.97 Å². The highest BCUT2D eigenvalue weighted by Crippen LogP contribution is 2.29. The van der Waals surface area contributed by atoms with Gasteiger partial charge in [-0.2, -0.15) is 0 Å². The summed E-state index contributed by atoms with van der Waals surface area (Å²) in [7, 11) is 0. The highest BCUT2D eigenvalue weighted by atomic mass is 16.5. The molecule has 1 aliphatic heterocycles. The highest BCUT2D eigenvalue weighted by molar-refractivity contribution is 5.75. The second-order valence-corrected chi connectivity index (χ2v) is 4.76. The fourth-order valence-corrected chi connectivity index (χ4v) is 2.26. The first kappa shape index (κ1) is 10.9. The third-order valence-electron chi connectivity index (χ3n) is 3.59. The average Bonchev–Trinajstić information content (AvgIpc) is 2.23. The van der Waals surface area contributed by atoms with Gasteiger partial charge in [-0.25, -0.2) is 0 Å². The number of ether oxygens (including phenoxy) is 1. The Morgan fingerprint density at radius 1 is 1.20 bits per heavy atom. The van der Waals surface area contributed by atoms with Crippen LogP contribution in [-0.2, 0) is 9.53 Å². The maximum absolute atomic E-state index is 11.6. The Hall–Kier alpha value is -0.570. The van der Waals surface area contributed by atoms with Crippen LogP contribution in [0.1, 0.15) is 44.9 Å². The van der Waals surface area contributed by atoms with E-state index in [9.17, 15) is 4.79 Å². The molecule has 1 heterocycles. The molecule has 1 saturated heterocycles. The fraction of sp³-hybridized carbons (Fsp3) is 0.917. The predicted molar refractivity (Wildman–Crippen MR) is 58.6 cm³/mol. The Morgan fingerprint density at radius 3 is 2.67 bits per heavy atom. The van der Waals surface area contributed by atoms with Crippen LogP contribution in [0.4, 0.5) is 0 Å². The number of carbonyl (C=O) groups is 1. The van der Waals surface area contributed by atoms with Crippen LogP contribution in [0.3, 0.4) is 0 Å². The summed E-state index contributed by atoms with van der Waals surface area (Å²) in [4.78, 5) is 11.6. The lowest BCUT2D eigenvalue weighted by molar-refractivity contribution is -0.147. The molecule has 0 aromatic rings. The number of piperidine rings is 1. The van der Waals surface area contributed by atoms with Crippen LogP contribution in [0.5, 0.6) is 0 Å². The van der Waals surface area contributed by atoms with E-state index >= 15 is 0 Å². The van der Waals surface area contributed by atoms with E-state index in [1.54, 1.807) is 0 Å². The van der Waals surface area contributed by atoms with Crippen LogP contribution in [0.15, 0.2) is 0 Å². The van der Waals surface area contributed by atoms with E-state index in [-0.39, 0.29) is 12.0 Å². The van der Waals surface area contributed by atoms with Gasteiger partial charge in [0.1, 0.15) is 6.04 Å². The first-order valence-corrected chi connectivity index (χ1v) is 6.26. The van der Waals surface area contributed by atoms with Gasteiger partial charge in [-0.1, -0.05) is 25.7 Å². The summed E-state index contributed by atoms with van der Waals surface area (Å²) in [5.74, 6) is 0.797. The van der Waals surface area contributed by atoms with Gasteiger partial charge in [-0.15, -0.1) is 0 Å². The maximum Gasteiger partial charge on any atom is 0.323 e. The van der Waals surface area contributed by atoms with Crippen molar-refractivity contribution in [3.05, 3.63) is 0 Å². The van der Waals surface area contributed by atoms with Crippen LogP contribution in [-0.4, -0.2) is 25.2 Å². The van der Waals surface area contributed by atoms with E-state index in [2.05, 4.69) is 5.32 Å². The monoisotopic (exact) mass is 211 g/mol. The van der Waals surface area contributed by atoms with E-state index in [0.717, 1.165) is 31.7 Å². The minimum absolute atomic E-state index is 0.0276. The molecule has 3 heteroatoms. The van der Waals surface area contributed by atoms with Crippen LogP contribution in [0.25, 0.3) is 0 Å². The van der Waals surface area contributed by atoms with Gasteiger partial charge in [0.2, 0.25) is 0 Å². The van der Waals surface area contributed by atoms with Crippen molar-refractivity contribution in [1.29, 1.82) is 0 Å². The maximum atomic E-state index is 11.6. The Balaban J connectivity index is 1.58. The smallest absolute Gasteiger partial charge is 0.323 e. The second-order valence-electron chi connectivity index (χ2n) is 4.76. The molecule has 2 fully saturated rings. The normalized spacial score (nSPS) is 27.1. The van der Waals surface area contributed by atoms with Gasteiger partial charge < -0.3 is 10.1 Å². The molecule has 86 valence electrons. The van der Waals surface area contributed by atoms with Crippen LogP contribution in [0, 0.1) is 5.92 Å². The first-order chi connectivity index (χ1) is 7.36. The van der Waals surface area contributed by atoms with Gasteiger partial charge in [0.05, 0.1) is 6.61 Å². The van der Waals surface area contributed by atoms with E-state index < -0.39 is 0 Å². The molecule has 0 bridgehead atoms. The second kappa shape index (κ2) is 5.50. The van der Waals surface area contributed by atoms with Crippen molar-refractivity contribution in [1.82, 2.24) is 5.32 Å². The van der Waals surface area contributed by atoms with Crippen LogP contribution >= 0.6 is 0 Å². The molecule has 0 spiro atoms. The number of rotatable bonds is 4. The van der Waals surface area contributed by atoms with Crippen LogP contribution < -0.4 is 5.32 Å². The lowest BCUT2D eigenvalue weighted by Crippen LogP contribution is -2.41. The molecule has 1 saturated carbocycles. The van der Waals surface area contributed by atoms with E-state index in [0.29, 0.717) is 6.61 Å². The molecule has 1 N–H and O–H groups in total.